The fraction of sp³-hybridized carbons (Fsp3) is 0.474. The van der Waals surface area contributed by atoms with Crippen LogP contribution in [0.2, 0.25) is 0 Å². The molecule has 0 N–H and O–H groups in total. The highest BCUT2D eigenvalue weighted by Crippen LogP contribution is 2.36. The largest absolute Gasteiger partial charge is 0.355 e. The Morgan fingerprint density at radius 2 is 2.18 bits per heavy atom. The molecule has 1 unspecified atom stereocenters. The molecule has 0 spiro atoms. The van der Waals surface area contributed by atoms with Gasteiger partial charge in [0.1, 0.15) is 10.6 Å². The van der Waals surface area contributed by atoms with Gasteiger partial charge in [-0.2, -0.15) is 9.40 Å². The van der Waals surface area contributed by atoms with Crippen LogP contribution in [-0.2, 0) is 16.6 Å². The molecule has 4 rings (SSSR count). The zero-order chi connectivity index (χ0) is 19.7. The molecule has 3 aromatic heterocycles. The molecule has 3 aromatic rings. The summed E-state index contributed by atoms with van der Waals surface area (Å²) in [6, 6.07) is 5.49. The first kappa shape index (κ1) is 19.4. The lowest BCUT2D eigenvalue weighted by Crippen LogP contribution is -2.35. The second-order valence-corrected chi connectivity index (χ2v) is 9.82. The van der Waals surface area contributed by atoms with Crippen LogP contribution < -0.4 is 0 Å². The maximum atomic E-state index is 13.5. The molecule has 7 nitrogen and oxygen atoms in total. The summed E-state index contributed by atoms with van der Waals surface area (Å²) in [5.74, 6) is 0.682. The summed E-state index contributed by atoms with van der Waals surface area (Å²) in [6.07, 6.45) is 5.17. The third-order valence-corrected chi connectivity index (χ3v) is 8.05. The highest BCUT2D eigenvalue weighted by Gasteiger charge is 2.37. The van der Waals surface area contributed by atoms with E-state index >= 15 is 0 Å². The predicted molar refractivity (Wildman–Crippen MR) is 108 cm³/mol. The molecular weight excluding hydrogens is 396 g/mol. The van der Waals surface area contributed by atoms with Crippen LogP contribution in [0, 0.1) is 6.92 Å². The van der Waals surface area contributed by atoms with E-state index < -0.39 is 10.0 Å². The average molecular weight is 421 g/mol. The highest BCUT2D eigenvalue weighted by molar-refractivity contribution is 7.89. The van der Waals surface area contributed by atoms with Crippen LogP contribution in [-0.4, -0.2) is 34.2 Å². The number of hydrogen-bond donors (Lipinski definition) is 0. The van der Waals surface area contributed by atoms with Crippen molar-refractivity contribution in [1.29, 1.82) is 0 Å². The molecule has 0 amide bonds. The Hall–Kier alpha value is -1.97. The van der Waals surface area contributed by atoms with E-state index in [0.29, 0.717) is 30.2 Å². The summed E-state index contributed by atoms with van der Waals surface area (Å²) in [5.41, 5.74) is 1.21. The molecule has 9 heteroatoms. The van der Waals surface area contributed by atoms with Crippen LogP contribution in [0.1, 0.15) is 50.0 Å². The summed E-state index contributed by atoms with van der Waals surface area (Å²) in [5, 5.41) is 10.6. The van der Waals surface area contributed by atoms with Crippen LogP contribution in [0.3, 0.4) is 0 Å². The third kappa shape index (κ3) is 3.54. The van der Waals surface area contributed by atoms with Crippen LogP contribution in [0.15, 0.2) is 39.2 Å². The SMILES string of the molecule is CCn1cc(S(=O)(=O)N2CCCCCC2c2cc(-c3cccs3)on2)c(C)n1. The van der Waals surface area contributed by atoms with E-state index in [9.17, 15) is 8.42 Å². The van der Waals surface area contributed by atoms with E-state index in [1.54, 1.807) is 33.4 Å². The van der Waals surface area contributed by atoms with Gasteiger partial charge < -0.3 is 4.52 Å². The summed E-state index contributed by atoms with van der Waals surface area (Å²) in [7, 11) is -3.68. The smallest absolute Gasteiger partial charge is 0.247 e. The molecule has 4 heterocycles. The number of sulfonamides is 1. The molecule has 1 aliphatic rings. The van der Waals surface area contributed by atoms with E-state index in [2.05, 4.69) is 10.3 Å². The minimum absolute atomic E-state index is 0.281. The van der Waals surface area contributed by atoms with Crippen molar-refractivity contribution in [2.75, 3.05) is 6.54 Å². The van der Waals surface area contributed by atoms with Crippen molar-refractivity contribution in [1.82, 2.24) is 19.2 Å². The van der Waals surface area contributed by atoms with Gasteiger partial charge in [0.15, 0.2) is 5.76 Å². The molecule has 0 saturated carbocycles. The second kappa shape index (κ2) is 7.81. The Balaban J connectivity index is 1.72. The van der Waals surface area contributed by atoms with E-state index in [0.717, 1.165) is 30.6 Å². The predicted octanol–water partition coefficient (Wildman–Crippen LogP) is 4.23. The van der Waals surface area contributed by atoms with Gasteiger partial charge in [0, 0.05) is 25.4 Å². The summed E-state index contributed by atoms with van der Waals surface area (Å²) < 4.78 is 35.9. The zero-order valence-electron chi connectivity index (χ0n) is 16.0. The monoisotopic (exact) mass is 420 g/mol. The maximum absolute atomic E-state index is 13.5. The van der Waals surface area contributed by atoms with Gasteiger partial charge in [-0.3, -0.25) is 4.68 Å². The van der Waals surface area contributed by atoms with Gasteiger partial charge in [-0.05, 0) is 38.1 Å². The molecule has 0 radical (unpaired) electrons. The molecular formula is C19H24N4O3S2. The number of hydrogen-bond acceptors (Lipinski definition) is 6. The lowest BCUT2D eigenvalue weighted by Gasteiger charge is -2.27. The topological polar surface area (TPSA) is 81.2 Å². The number of thiophene rings is 1. The number of aryl methyl sites for hydroxylation is 2. The van der Waals surface area contributed by atoms with Crippen molar-refractivity contribution < 1.29 is 12.9 Å². The molecule has 0 bridgehead atoms. The van der Waals surface area contributed by atoms with Crippen LogP contribution >= 0.6 is 11.3 Å². The standard InChI is InChI=1S/C19H24N4O3S2/c1-3-22-13-19(14(2)20-22)28(24,25)23-10-6-4-5-8-16(23)15-12-17(26-21-15)18-9-7-11-27-18/h7,9,11-13,16H,3-6,8,10H2,1-2H3. The minimum Gasteiger partial charge on any atom is -0.355 e. The maximum Gasteiger partial charge on any atom is 0.247 e. The average Bonchev–Trinajstić information content (AvgIpc) is 3.39. The van der Waals surface area contributed by atoms with Gasteiger partial charge in [0.05, 0.1) is 16.6 Å². The van der Waals surface area contributed by atoms with Gasteiger partial charge in [0.25, 0.3) is 0 Å². The highest BCUT2D eigenvalue weighted by atomic mass is 32.2. The first-order valence-electron chi connectivity index (χ1n) is 9.57. The van der Waals surface area contributed by atoms with Gasteiger partial charge in [-0.25, -0.2) is 8.42 Å². The van der Waals surface area contributed by atoms with Crippen LogP contribution in [0.25, 0.3) is 10.6 Å². The summed E-state index contributed by atoms with van der Waals surface area (Å²) >= 11 is 1.57. The Bertz CT molecular complexity index is 1040. The molecule has 1 fully saturated rings. The molecule has 0 aliphatic carbocycles. The van der Waals surface area contributed by atoms with Gasteiger partial charge >= 0.3 is 0 Å². The van der Waals surface area contributed by atoms with Gasteiger partial charge in [-0.1, -0.05) is 24.1 Å². The Labute approximate surface area is 169 Å². The number of aromatic nitrogens is 3. The van der Waals surface area contributed by atoms with E-state index in [1.807, 2.05) is 30.5 Å². The summed E-state index contributed by atoms with van der Waals surface area (Å²) in [6.45, 7) is 4.80. The zero-order valence-corrected chi connectivity index (χ0v) is 17.7. The van der Waals surface area contributed by atoms with Crippen molar-refractivity contribution in [3.05, 3.63) is 41.2 Å². The number of rotatable bonds is 5. The quantitative estimate of drug-likeness (QED) is 0.617. The lowest BCUT2D eigenvalue weighted by molar-refractivity contribution is 0.308. The normalized spacial score (nSPS) is 19.0. The fourth-order valence-corrected chi connectivity index (χ4v) is 6.20. The second-order valence-electron chi connectivity index (χ2n) is 7.01. The van der Waals surface area contributed by atoms with Crippen LogP contribution in [0.4, 0.5) is 0 Å². The third-order valence-electron chi connectivity index (χ3n) is 5.15. The number of nitrogens with zero attached hydrogens (tertiary/aromatic N) is 4. The Morgan fingerprint density at radius 3 is 2.89 bits per heavy atom. The molecule has 1 atom stereocenters. The summed E-state index contributed by atoms with van der Waals surface area (Å²) in [4.78, 5) is 1.27. The molecule has 150 valence electrons. The molecule has 0 aromatic carbocycles. The van der Waals surface area contributed by atoms with Crippen molar-refractivity contribution >= 4 is 21.4 Å². The Morgan fingerprint density at radius 1 is 1.32 bits per heavy atom. The molecule has 28 heavy (non-hydrogen) atoms. The van der Waals surface area contributed by atoms with Crippen molar-refractivity contribution in [3.63, 3.8) is 0 Å². The van der Waals surface area contributed by atoms with E-state index in [1.165, 1.54) is 0 Å². The van der Waals surface area contributed by atoms with Gasteiger partial charge in [-0.15, -0.1) is 11.3 Å². The van der Waals surface area contributed by atoms with Gasteiger partial charge in [0.2, 0.25) is 10.0 Å². The minimum atomic E-state index is -3.68. The first-order chi connectivity index (χ1) is 13.5. The van der Waals surface area contributed by atoms with Crippen LogP contribution in [0.5, 0.6) is 0 Å². The Kier molecular flexibility index (Phi) is 5.39. The lowest BCUT2D eigenvalue weighted by atomic mass is 10.1. The van der Waals surface area contributed by atoms with Crippen molar-refractivity contribution in [2.45, 2.75) is 57.0 Å². The van der Waals surface area contributed by atoms with E-state index in [-0.39, 0.29) is 10.9 Å². The van der Waals surface area contributed by atoms with E-state index in [4.69, 9.17) is 4.52 Å². The van der Waals surface area contributed by atoms with Crippen molar-refractivity contribution in [2.24, 2.45) is 0 Å². The fourth-order valence-electron chi connectivity index (χ4n) is 3.69. The molecule has 1 aliphatic heterocycles. The molecule has 1 saturated heterocycles. The van der Waals surface area contributed by atoms with Crippen molar-refractivity contribution in [3.8, 4) is 10.6 Å². The first-order valence-corrected chi connectivity index (χ1v) is 11.9.